The molecule has 1 aromatic carbocycles. The van der Waals surface area contributed by atoms with E-state index >= 15 is 0 Å². The van der Waals surface area contributed by atoms with Gasteiger partial charge in [0, 0.05) is 23.0 Å². The Kier molecular flexibility index (Phi) is 4.92. The Bertz CT molecular complexity index is 362. The first-order valence-electron chi connectivity index (χ1n) is 4.86. The Morgan fingerprint density at radius 3 is 2.73 bits per heavy atom. The highest BCUT2D eigenvalue weighted by Crippen LogP contribution is 2.21. The molecule has 0 aliphatic carbocycles. The maximum atomic E-state index is 6.01. The summed E-state index contributed by atoms with van der Waals surface area (Å²) >= 11 is 11.8. The van der Waals surface area contributed by atoms with Gasteiger partial charge in [0.05, 0.1) is 5.84 Å². The largest absolute Gasteiger partial charge is 0.387 e. The van der Waals surface area contributed by atoms with Crippen molar-refractivity contribution in [3.8, 4) is 0 Å². The molecule has 0 spiro atoms. The molecule has 0 bridgehead atoms. The topological polar surface area (TPSA) is 38.4 Å². The van der Waals surface area contributed by atoms with E-state index in [1.807, 2.05) is 6.07 Å². The molecule has 4 heteroatoms. The predicted octanol–water partition coefficient (Wildman–Crippen LogP) is 3.30. The summed E-state index contributed by atoms with van der Waals surface area (Å²) in [7, 11) is 0. The highest BCUT2D eigenvalue weighted by Gasteiger charge is 2.02. The van der Waals surface area contributed by atoms with E-state index in [0.717, 1.165) is 18.5 Å². The van der Waals surface area contributed by atoms with Crippen molar-refractivity contribution in [3.05, 3.63) is 33.8 Å². The molecular formula is C11H14Cl2N2. The number of rotatable bonds is 4. The van der Waals surface area contributed by atoms with Gasteiger partial charge in [-0.15, -0.1) is 0 Å². The molecule has 0 atom stereocenters. The van der Waals surface area contributed by atoms with Crippen LogP contribution in [0.5, 0.6) is 0 Å². The summed E-state index contributed by atoms with van der Waals surface area (Å²) in [4.78, 5) is 4.20. The van der Waals surface area contributed by atoms with Crippen LogP contribution >= 0.6 is 23.2 Å². The molecule has 0 radical (unpaired) electrons. The van der Waals surface area contributed by atoms with E-state index in [9.17, 15) is 0 Å². The second-order valence-corrected chi connectivity index (χ2v) is 4.13. The molecule has 0 saturated carbocycles. The first-order chi connectivity index (χ1) is 7.13. The van der Waals surface area contributed by atoms with E-state index in [-0.39, 0.29) is 0 Å². The van der Waals surface area contributed by atoms with Crippen LogP contribution in [0.3, 0.4) is 0 Å². The molecule has 15 heavy (non-hydrogen) atoms. The van der Waals surface area contributed by atoms with E-state index < -0.39 is 0 Å². The molecule has 0 aliphatic heterocycles. The molecule has 2 N–H and O–H groups in total. The van der Waals surface area contributed by atoms with Crippen LogP contribution in [0.15, 0.2) is 23.2 Å². The van der Waals surface area contributed by atoms with Gasteiger partial charge in [-0.2, -0.15) is 0 Å². The van der Waals surface area contributed by atoms with Crippen LogP contribution in [0.25, 0.3) is 0 Å². The summed E-state index contributed by atoms with van der Waals surface area (Å²) in [5.74, 6) is 0.612. The lowest BCUT2D eigenvalue weighted by Gasteiger charge is -2.04. The van der Waals surface area contributed by atoms with Crippen LogP contribution in [0.1, 0.15) is 18.9 Å². The van der Waals surface area contributed by atoms with E-state index in [1.54, 1.807) is 12.1 Å². The van der Waals surface area contributed by atoms with Gasteiger partial charge in [-0.05, 0) is 24.1 Å². The molecule has 1 aromatic rings. The van der Waals surface area contributed by atoms with E-state index in [4.69, 9.17) is 28.9 Å². The standard InChI is InChI=1S/C11H14Cl2N2/c1-2-5-15-11(14)6-8-3-4-9(12)7-10(8)13/h3-4,7H,2,5-6H2,1H3,(H2,14,15). The van der Waals surface area contributed by atoms with Gasteiger partial charge in [-0.1, -0.05) is 36.2 Å². The second kappa shape index (κ2) is 5.99. The first-order valence-corrected chi connectivity index (χ1v) is 5.61. The zero-order chi connectivity index (χ0) is 11.3. The molecule has 1 rings (SSSR count). The van der Waals surface area contributed by atoms with Crippen LogP contribution in [0.4, 0.5) is 0 Å². The normalized spacial score (nSPS) is 11.8. The summed E-state index contributed by atoms with van der Waals surface area (Å²) < 4.78 is 0. The number of hydrogen-bond acceptors (Lipinski definition) is 1. The number of aliphatic imine (C=N–C) groups is 1. The maximum absolute atomic E-state index is 6.01. The average Bonchev–Trinajstić information content (AvgIpc) is 2.19. The van der Waals surface area contributed by atoms with Gasteiger partial charge in [0.15, 0.2) is 0 Å². The summed E-state index contributed by atoms with van der Waals surface area (Å²) in [6.45, 7) is 2.82. The Labute approximate surface area is 100 Å². The molecule has 0 amide bonds. The van der Waals surface area contributed by atoms with Crippen LogP contribution in [-0.4, -0.2) is 12.4 Å². The van der Waals surface area contributed by atoms with Gasteiger partial charge < -0.3 is 5.73 Å². The van der Waals surface area contributed by atoms with Crippen LogP contribution in [-0.2, 0) is 6.42 Å². The summed E-state index contributed by atoms with van der Waals surface area (Å²) in [6, 6.07) is 5.39. The third-order valence-corrected chi connectivity index (χ3v) is 2.51. The van der Waals surface area contributed by atoms with Gasteiger partial charge in [0.1, 0.15) is 0 Å². The number of halogens is 2. The van der Waals surface area contributed by atoms with Crippen LogP contribution in [0.2, 0.25) is 10.0 Å². The fraction of sp³-hybridized carbons (Fsp3) is 0.364. The second-order valence-electron chi connectivity index (χ2n) is 3.29. The SMILES string of the molecule is CCCN=C(N)Cc1ccc(Cl)cc1Cl. The van der Waals surface area contributed by atoms with E-state index in [2.05, 4.69) is 11.9 Å². The van der Waals surface area contributed by atoms with Crippen molar-refractivity contribution in [2.45, 2.75) is 19.8 Å². The van der Waals surface area contributed by atoms with E-state index in [0.29, 0.717) is 22.3 Å². The van der Waals surface area contributed by atoms with Crippen molar-refractivity contribution in [2.75, 3.05) is 6.54 Å². The van der Waals surface area contributed by atoms with Gasteiger partial charge in [-0.3, -0.25) is 4.99 Å². The van der Waals surface area contributed by atoms with Crippen molar-refractivity contribution < 1.29 is 0 Å². The third kappa shape index (κ3) is 4.10. The lowest BCUT2D eigenvalue weighted by atomic mass is 10.1. The van der Waals surface area contributed by atoms with Gasteiger partial charge in [0.2, 0.25) is 0 Å². The lowest BCUT2D eigenvalue weighted by molar-refractivity contribution is 0.924. The smallest absolute Gasteiger partial charge is 0.0981 e. The highest BCUT2D eigenvalue weighted by molar-refractivity contribution is 6.35. The minimum atomic E-state index is 0.579. The number of hydrogen-bond donors (Lipinski definition) is 1. The Morgan fingerprint density at radius 2 is 2.13 bits per heavy atom. The molecular weight excluding hydrogens is 231 g/mol. The van der Waals surface area contributed by atoms with Crippen molar-refractivity contribution in [3.63, 3.8) is 0 Å². The van der Waals surface area contributed by atoms with Crippen LogP contribution in [0, 0.1) is 0 Å². The minimum absolute atomic E-state index is 0.579. The zero-order valence-corrected chi connectivity index (χ0v) is 10.1. The van der Waals surface area contributed by atoms with Crippen molar-refractivity contribution in [1.29, 1.82) is 0 Å². The predicted molar refractivity (Wildman–Crippen MR) is 66.9 cm³/mol. The zero-order valence-electron chi connectivity index (χ0n) is 8.63. The Morgan fingerprint density at radius 1 is 1.40 bits per heavy atom. The molecule has 0 fully saturated rings. The molecule has 0 saturated heterocycles. The average molecular weight is 245 g/mol. The molecule has 0 heterocycles. The van der Waals surface area contributed by atoms with Gasteiger partial charge in [0.25, 0.3) is 0 Å². The van der Waals surface area contributed by atoms with Crippen molar-refractivity contribution in [1.82, 2.24) is 0 Å². The highest BCUT2D eigenvalue weighted by atomic mass is 35.5. The summed E-state index contributed by atoms with van der Waals surface area (Å²) in [5, 5.41) is 1.27. The number of benzene rings is 1. The molecule has 0 aromatic heterocycles. The molecule has 2 nitrogen and oxygen atoms in total. The summed E-state index contributed by atoms with van der Waals surface area (Å²) in [5.41, 5.74) is 6.71. The van der Waals surface area contributed by atoms with Crippen molar-refractivity contribution >= 4 is 29.0 Å². The molecule has 0 aliphatic rings. The Balaban J connectivity index is 2.72. The minimum Gasteiger partial charge on any atom is -0.387 e. The van der Waals surface area contributed by atoms with E-state index in [1.165, 1.54) is 0 Å². The van der Waals surface area contributed by atoms with Gasteiger partial charge in [-0.25, -0.2) is 0 Å². The number of amidine groups is 1. The molecule has 0 unspecified atom stereocenters. The Hall–Kier alpha value is -0.730. The van der Waals surface area contributed by atoms with Gasteiger partial charge >= 0.3 is 0 Å². The maximum Gasteiger partial charge on any atom is 0.0981 e. The fourth-order valence-corrected chi connectivity index (χ4v) is 1.65. The lowest BCUT2D eigenvalue weighted by Crippen LogP contribution is -2.15. The number of nitrogens with zero attached hydrogens (tertiary/aromatic N) is 1. The first kappa shape index (κ1) is 12.3. The number of nitrogens with two attached hydrogens (primary N) is 1. The third-order valence-electron chi connectivity index (χ3n) is 1.93. The quantitative estimate of drug-likeness (QED) is 0.641. The fourth-order valence-electron chi connectivity index (χ4n) is 1.17. The summed E-state index contributed by atoms with van der Waals surface area (Å²) in [6.07, 6.45) is 1.57. The molecule has 82 valence electrons. The van der Waals surface area contributed by atoms with Crippen LogP contribution < -0.4 is 5.73 Å². The monoisotopic (exact) mass is 244 g/mol. The van der Waals surface area contributed by atoms with Crippen molar-refractivity contribution in [2.24, 2.45) is 10.7 Å².